The minimum atomic E-state index is -0.307. The second-order valence-corrected chi connectivity index (χ2v) is 2.98. The molecular formula is C7H11BrO2. The summed E-state index contributed by atoms with van der Waals surface area (Å²) in [7, 11) is 1.36. The molecule has 3 heteroatoms. The van der Waals surface area contributed by atoms with E-state index in [0.717, 1.165) is 6.42 Å². The van der Waals surface area contributed by atoms with E-state index < -0.39 is 0 Å². The predicted octanol–water partition coefficient (Wildman–Crippen LogP) is 1.89. The van der Waals surface area contributed by atoms with Crippen LogP contribution in [0.15, 0.2) is 12.2 Å². The quantitative estimate of drug-likeness (QED) is 0.401. The van der Waals surface area contributed by atoms with Gasteiger partial charge in [-0.1, -0.05) is 28.9 Å². The van der Waals surface area contributed by atoms with Crippen LogP contribution in [0.1, 0.15) is 13.3 Å². The highest BCUT2D eigenvalue weighted by atomic mass is 79.9. The van der Waals surface area contributed by atoms with E-state index in [2.05, 4.69) is 20.7 Å². The molecule has 0 aromatic heterocycles. The number of hydrogen-bond donors (Lipinski definition) is 0. The molecule has 0 N–H and O–H groups in total. The fourth-order valence-electron chi connectivity index (χ4n) is 0.387. The van der Waals surface area contributed by atoms with Crippen LogP contribution in [0.5, 0.6) is 0 Å². The molecule has 0 heterocycles. The molecule has 2 nitrogen and oxygen atoms in total. The first kappa shape index (κ1) is 9.69. The third kappa shape index (κ3) is 4.56. The van der Waals surface area contributed by atoms with Crippen LogP contribution in [0.4, 0.5) is 0 Å². The third-order valence-electron chi connectivity index (χ3n) is 1.03. The van der Waals surface area contributed by atoms with Gasteiger partial charge in [-0.25, -0.2) is 4.79 Å². The lowest BCUT2D eigenvalue weighted by molar-refractivity contribution is -0.134. The van der Waals surface area contributed by atoms with Crippen LogP contribution in [0.25, 0.3) is 0 Å². The summed E-state index contributed by atoms with van der Waals surface area (Å²) in [5, 5.41) is 0. The number of methoxy groups -OCH3 is 1. The maximum Gasteiger partial charge on any atom is 0.330 e. The van der Waals surface area contributed by atoms with Gasteiger partial charge < -0.3 is 4.74 Å². The first-order valence-electron chi connectivity index (χ1n) is 3.11. The number of ether oxygens (including phenoxy) is 1. The van der Waals surface area contributed by atoms with Crippen molar-refractivity contribution in [3.8, 4) is 0 Å². The minimum absolute atomic E-state index is 0.270. The molecule has 0 bridgehead atoms. The van der Waals surface area contributed by atoms with Crippen molar-refractivity contribution in [3.63, 3.8) is 0 Å². The van der Waals surface area contributed by atoms with Crippen LogP contribution in [0, 0.1) is 0 Å². The Labute approximate surface area is 69.4 Å². The highest BCUT2D eigenvalue weighted by molar-refractivity contribution is 9.09. The van der Waals surface area contributed by atoms with E-state index >= 15 is 0 Å². The van der Waals surface area contributed by atoms with E-state index in [1.807, 2.05) is 6.92 Å². The van der Waals surface area contributed by atoms with E-state index in [4.69, 9.17) is 0 Å². The van der Waals surface area contributed by atoms with Crippen LogP contribution in [0.2, 0.25) is 0 Å². The highest BCUT2D eigenvalue weighted by Gasteiger charge is 1.95. The zero-order valence-corrected chi connectivity index (χ0v) is 7.72. The summed E-state index contributed by atoms with van der Waals surface area (Å²) < 4.78 is 4.40. The molecule has 0 spiro atoms. The molecular weight excluding hydrogens is 196 g/mol. The average Bonchev–Trinajstić information content (AvgIpc) is 1.99. The van der Waals surface area contributed by atoms with Crippen LogP contribution >= 0.6 is 15.9 Å². The van der Waals surface area contributed by atoms with Gasteiger partial charge in [0.2, 0.25) is 0 Å². The monoisotopic (exact) mass is 206 g/mol. The molecule has 0 aliphatic heterocycles. The number of alkyl halides is 1. The molecule has 0 fully saturated rings. The van der Waals surface area contributed by atoms with Crippen LogP contribution in [-0.4, -0.2) is 17.9 Å². The van der Waals surface area contributed by atoms with Gasteiger partial charge in [-0.15, -0.1) is 0 Å². The van der Waals surface area contributed by atoms with E-state index in [1.165, 1.54) is 13.2 Å². The lowest BCUT2D eigenvalue weighted by Crippen LogP contribution is -1.96. The summed E-state index contributed by atoms with van der Waals surface area (Å²) >= 11 is 3.34. The number of esters is 1. The van der Waals surface area contributed by atoms with Gasteiger partial charge in [0.05, 0.1) is 7.11 Å². The van der Waals surface area contributed by atoms with Gasteiger partial charge >= 0.3 is 5.97 Å². The van der Waals surface area contributed by atoms with E-state index in [-0.39, 0.29) is 10.8 Å². The van der Waals surface area contributed by atoms with E-state index in [0.29, 0.717) is 0 Å². The van der Waals surface area contributed by atoms with Gasteiger partial charge in [0, 0.05) is 10.9 Å². The average molecular weight is 207 g/mol. The summed E-state index contributed by atoms with van der Waals surface area (Å²) in [6, 6.07) is 0. The molecule has 0 aliphatic carbocycles. The fraction of sp³-hybridized carbons (Fsp3) is 0.571. The Morgan fingerprint density at radius 1 is 1.80 bits per heavy atom. The number of allylic oxidation sites excluding steroid dienone is 1. The molecule has 1 unspecified atom stereocenters. The Hall–Kier alpha value is -0.310. The summed E-state index contributed by atoms with van der Waals surface area (Å²) in [5.74, 6) is -0.307. The van der Waals surface area contributed by atoms with Crippen LogP contribution in [-0.2, 0) is 9.53 Å². The molecule has 0 aromatic carbocycles. The van der Waals surface area contributed by atoms with Crippen molar-refractivity contribution in [1.29, 1.82) is 0 Å². The van der Waals surface area contributed by atoms with Gasteiger partial charge in [0.1, 0.15) is 0 Å². The Morgan fingerprint density at radius 3 is 2.80 bits per heavy atom. The minimum Gasteiger partial charge on any atom is -0.466 e. The SMILES string of the molecule is CCC(Br)C=CC(=O)OC. The van der Waals surface area contributed by atoms with E-state index in [1.54, 1.807) is 6.08 Å². The summed E-state index contributed by atoms with van der Waals surface area (Å²) in [5.41, 5.74) is 0. The van der Waals surface area contributed by atoms with Gasteiger partial charge in [0.25, 0.3) is 0 Å². The molecule has 0 rings (SSSR count). The normalized spacial score (nSPS) is 13.5. The molecule has 0 saturated carbocycles. The number of rotatable bonds is 3. The second-order valence-electron chi connectivity index (χ2n) is 1.81. The maximum absolute atomic E-state index is 10.5. The molecule has 0 saturated heterocycles. The molecule has 0 aromatic rings. The zero-order chi connectivity index (χ0) is 7.98. The van der Waals surface area contributed by atoms with E-state index in [9.17, 15) is 4.79 Å². The topological polar surface area (TPSA) is 26.3 Å². The van der Waals surface area contributed by atoms with Gasteiger partial charge in [-0.2, -0.15) is 0 Å². The van der Waals surface area contributed by atoms with Crippen molar-refractivity contribution in [2.24, 2.45) is 0 Å². The zero-order valence-electron chi connectivity index (χ0n) is 6.13. The fourth-order valence-corrected chi connectivity index (χ4v) is 0.540. The van der Waals surface area contributed by atoms with Gasteiger partial charge in [-0.3, -0.25) is 0 Å². The summed E-state index contributed by atoms with van der Waals surface area (Å²) in [6.45, 7) is 2.03. The standard InChI is InChI=1S/C7H11BrO2/c1-3-6(8)4-5-7(9)10-2/h4-6H,3H2,1-2H3. The molecule has 0 aliphatic rings. The lowest BCUT2D eigenvalue weighted by atomic mass is 10.3. The Kier molecular flexibility index (Phi) is 5.30. The van der Waals surface area contributed by atoms with Crippen LogP contribution < -0.4 is 0 Å². The van der Waals surface area contributed by atoms with Gasteiger partial charge in [0.15, 0.2) is 0 Å². The summed E-state index contributed by atoms with van der Waals surface area (Å²) in [6.07, 6.45) is 4.16. The summed E-state index contributed by atoms with van der Waals surface area (Å²) in [4.78, 5) is 10.8. The first-order valence-corrected chi connectivity index (χ1v) is 4.02. The molecule has 0 amide bonds. The van der Waals surface area contributed by atoms with Crippen molar-refractivity contribution < 1.29 is 9.53 Å². The third-order valence-corrected chi connectivity index (χ3v) is 1.99. The molecule has 10 heavy (non-hydrogen) atoms. The largest absolute Gasteiger partial charge is 0.466 e. The number of hydrogen-bond acceptors (Lipinski definition) is 2. The molecule has 58 valence electrons. The Bertz CT molecular complexity index is 132. The molecule has 0 radical (unpaired) electrons. The van der Waals surface area contributed by atoms with Crippen molar-refractivity contribution in [2.75, 3.05) is 7.11 Å². The number of halogens is 1. The van der Waals surface area contributed by atoms with Gasteiger partial charge in [-0.05, 0) is 6.42 Å². The van der Waals surface area contributed by atoms with Crippen LogP contribution in [0.3, 0.4) is 0 Å². The highest BCUT2D eigenvalue weighted by Crippen LogP contribution is 2.04. The maximum atomic E-state index is 10.5. The van der Waals surface area contributed by atoms with Crippen molar-refractivity contribution >= 4 is 21.9 Å². The van der Waals surface area contributed by atoms with Crippen molar-refractivity contribution in [1.82, 2.24) is 0 Å². The number of carbonyl (C=O) groups excluding carboxylic acids is 1. The predicted molar refractivity (Wildman–Crippen MR) is 44.2 cm³/mol. The first-order chi connectivity index (χ1) is 4.70. The van der Waals surface area contributed by atoms with Crippen molar-refractivity contribution in [3.05, 3.63) is 12.2 Å². The smallest absolute Gasteiger partial charge is 0.330 e. The second kappa shape index (κ2) is 5.47. The Morgan fingerprint density at radius 2 is 2.40 bits per heavy atom. The Balaban J connectivity index is 3.63. The lowest BCUT2D eigenvalue weighted by Gasteiger charge is -1.95. The number of carbonyl (C=O) groups is 1. The molecule has 1 atom stereocenters. The van der Waals surface area contributed by atoms with Crippen molar-refractivity contribution in [2.45, 2.75) is 18.2 Å².